The van der Waals surface area contributed by atoms with Crippen LogP contribution in [0.4, 0.5) is 0 Å². The Kier molecular flexibility index (Phi) is 8.10. The Labute approximate surface area is 193 Å². The van der Waals surface area contributed by atoms with Crippen LogP contribution in [0.2, 0.25) is 0 Å². The first kappa shape index (κ1) is 24.0. The summed E-state index contributed by atoms with van der Waals surface area (Å²) in [5, 5.41) is 13.0. The Morgan fingerprint density at radius 3 is 2.59 bits per heavy atom. The van der Waals surface area contributed by atoms with Gasteiger partial charge in [-0.25, -0.2) is 0 Å². The maximum Gasteiger partial charge on any atom is 0.295 e. The first-order valence-electron chi connectivity index (χ1n) is 11.0. The molecule has 1 unspecified atom stereocenters. The number of aliphatic hydroxyl groups is 1. The fourth-order valence-corrected chi connectivity index (χ4v) is 4.40. The van der Waals surface area contributed by atoms with Crippen LogP contribution in [0.25, 0.3) is 5.76 Å². The lowest BCUT2D eigenvalue weighted by atomic mass is 9.99. The van der Waals surface area contributed by atoms with Gasteiger partial charge in [0.15, 0.2) is 0 Å². The van der Waals surface area contributed by atoms with Crippen molar-refractivity contribution in [3.8, 4) is 5.75 Å². The minimum atomic E-state index is -0.667. The molecule has 32 heavy (non-hydrogen) atoms. The van der Waals surface area contributed by atoms with Crippen molar-refractivity contribution >= 4 is 28.8 Å². The Balaban J connectivity index is 1.94. The number of ketones is 1. The van der Waals surface area contributed by atoms with E-state index in [-0.39, 0.29) is 17.4 Å². The number of benzene rings is 1. The average molecular weight is 458 g/mol. The first-order chi connectivity index (χ1) is 15.3. The number of nitrogens with zero attached hydrogens (tertiary/aromatic N) is 1. The Morgan fingerprint density at radius 1 is 1.16 bits per heavy atom. The molecule has 1 saturated heterocycles. The molecule has 0 saturated carbocycles. The predicted octanol–water partition coefficient (Wildman–Crippen LogP) is 5.02. The second-order valence-electron chi connectivity index (χ2n) is 8.51. The summed E-state index contributed by atoms with van der Waals surface area (Å²) in [4.78, 5) is 28.3. The fraction of sp³-hybridized carbons (Fsp3) is 0.440. The van der Waals surface area contributed by atoms with Crippen LogP contribution < -0.4 is 4.74 Å². The zero-order valence-electron chi connectivity index (χ0n) is 19.0. The largest absolute Gasteiger partial charge is 0.507 e. The molecule has 3 rings (SSSR count). The van der Waals surface area contributed by atoms with E-state index in [1.54, 1.807) is 23.1 Å². The highest BCUT2D eigenvalue weighted by atomic mass is 32.1. The van der Waals surface area contributed by atoms with Gasteiger partial charge in [-0.15, -0.1) is 11.3 Å². The van der Waals surface area contributed by atoms with Gasteiger partial charge in [-0.3, -0.25) is 9.59 Å². The molecule has 1 aliphatic rings. The van der Waals surface area contributed by atoms with Crippen LogP contribution in [-0.2, 0) is 14.3 Å². The highest BCUT2D eigenvalue weighted by Crippen LogP contribution is 2.41. The summed E-state index contributed by atoms with van der Waals surface area (Å²) in [7, 11) is 0. The predicted molar refractivity (Wildman–Crippen MR) is 126 cm³/mol. The zero-order chi connectivity index (χ0) is 23.3. The van der Waals surface area contributed by atoms with Gasteiger partial charge in [0.2, 0.25) is 0 Å². The van der Waals surface area contributed by atoms with Crippen molar-refractivity contribution in [1.82, 2.24) is 4.90 Å². The summed E-state index contributed by atoms with van der Waals surface area (Å²) in [6, 6.07) is 10.1. The van der Waals surface area contributed by atoms with Crippen molar-refractivity contribution in [3.63, 3.8) is 0 Å². The highest BCUT2D eigenvalue weighted by molar-refractivity contribution is 7.10. The van der Waals surface area contributed by atoms with Crippen molar-refractivity contribution in [2.24, 2.45) is 5.92 Å². The molecule has 1 atom stereocenters. The van der Waals surface area contributed by atoms with Crippen LogP contribution in [0.1, 0.15) is 50.6 Å². The molecule has 172 valence electrons. The van der Waals surface area contributed by atoms with E-state index in [1.165, 1.54) is 11.3 Å². The van der Waals surface area contributed by atoms with E-state index in [2.05, 4.69) is 13.8 Å². The Hall–Kier alpha value is -2.64. The number of ether oxygens (including phenoxy) is 2. The molecule has 1 aromatic heterocycles. The maximum atomic E-state index is 13.0. The van der Waals surface area contributed by atoms with Gasteiger partial charge in [-0.2, -0.15) is 0 Å². The summed E-state index contributed by atoms with van der Waals surface area (Å²) < 4.78 is 11.4. The molecular formula is C25H31NO5S. The molecule has 1 fully saturated rings. The molecule has 0 aliphatic carbocycles. The molecule has 0 radical (unpaired) electrons. The van der Waals surface area contributed by atoms with Crippen LogP contribution in [-0.4, -0.2) is 47.6 Å². The van der Waals surface area contributed by atoms with E-state index in [4.69, 9.17) is 9.47 Å². The maximum absolute atomic E-state index is 13.0. The van der Waals surface area contributed by atoms with Crippen molar-refractivity contribution in [2.45, 2.75) is 46.3 Å². The van der Waals surface area contributed by atoms with Crippen LogP contribution in [0.15, 0.2) is 47.4 Å². The van der Waals surface area contributed by atoms with E-state index in [9.17, 15) is 14.7 Å². The summed E-state index contributed by atoms with van der Waals surface area (Å²) in [5.74, 6) is -0.481. The number of rotatable bonds is 10. The minimum Gasteiger partial charge on any atom is -0.507 e. The van der Waals surface area contributed by atoms with Crippen molar-refractivity contribution in [1.29, 1.82) is 0 Å². The van der Waals surface area contributed by atoms with Gasteiger partial charge in [-0.05, 0) is 49.8 Å². The van der Waals surface area contributed by atoms with Crippen LogP contribution >= 0.6 is 11.3 Å². The lowest BCUT2D eigenvalue weighted by Gasteiger charge is -2.24. The molecule has 7 heteroatoms. The van der Waals surface area contributed by atoms with Gasteiger partial charge in [0, 0.05) is 23.6 Å². The minimum absolute atomic E-state index is 0.101. The van der Waals surface area contributed by atoms with E-state index in [1.807, 2.05) is 37.4 Å². The molecule has 1 aliphatic heterocycles. The quantitative estimate of drug-likeness (QED) is 0.235. The van der Waals surface area contributed by atoms with Crippen LogP contribution in [0.5, 0.6) is 5.75 Å². The molecule has 2 heterocycles. The zero-order valence-corrected chi connectivity index (χ0v) is 19.9. The number of hydrogen-bond acceptors (Lipinski definition) is 6. The van der Waals surface area contributed by atoms with E-state index < -0.39 is 17.7 Å². The van der Waals surface area contributed by atoms with Crippen LogP contribution in [0.3, 0.4) is 0 Å². The first-order valence-corrected chi connectivity index (χ1v) is 11.8. The van der Waals surface area contributed by atoms with E-state index >= 15 is 0 Å². The summed E-state index contributed by atoms with van der Waals surface area (Å²) >= 11 is 1.46. The number of carbonyl (C=O) groups is 2. The van der Waals surface area contributed by atoms with Gasteiger partial charge in [0.25, 0.3) is 11.7 Å². The third-order valence-electron chi connectivity index (χ3n) is 5.04. The van der Waals surface area contributed by atoms with Gasteiger partial charge >= 0.3 is 0 Å². The average Bonchev–Trinajstić information content (AvgIpc) is 3.37. The summed E-state index contributed by atoms with van der Waals surface area (Å²) in [5.41, 5.74) is 0.567. The van der Waals surface area contributed by atoms with Crippen molar-refractivity contribution in [2.75, 3.05) is 19.8 Å². The Bertz CT molecular complexity index is 964. The highest BCUT2D eigenvalue weighted by Gasteiger charge is 2.46. The normalized spacial score (nSPS) is 18.2. The lowest BCUT2D eigenvalue weighted by molar-refractivity contribution is -0.140. The summed E-state index contributed by atoms with van der Waals surface area (Å²) in [6.07, 6.45) is 0.703. The SMILES string of the molecule is CC(C)COc1cccc(/C(O)=C2/C(=O)C(=O)N(CCCOC(C)C)C2c2cccs2)c1. The topological polar surface area (TPSA) is 76.1 Å². The number of likely N-dealkylation sites (tertiary alicyclic amines) is 1. The second-order valence-corrected chi connectivity index (χ2v) is 9.49. The number of carbonyl (C=O) groups excluding carboxylic acids is 2. The number of thiophene rings is 1. The van der Waals surface area contributed by atoms with Gasteiger partial charge in [-0.1, -0.05) is 32.0 Å². The molecular weight excluding hydrogens is 426 g/mol. The van der Waals surface area contributed by atoms with Gasteiger partial charge < -0.3 is 19.5 Å². The molecule has 1 amide bonds. The molecule has 6 nitrogen and oxygen atoms in total. The molecule has 1 N–H and O–H groups in total. The van der Waals surface area contributed by atoms with E-state index in [0.717, 1.165) is 4.88 Å². The van der Waals surface area contributed by atoms with Crippen molar-refractivity contribution < 1.29 is 24.2 Å². The van der Waals surface area contributed by atoms with Crippen molar-refractivity contribution in [3.05, 3.63) is 57.8 Å². The fourth-order valence-electron chi connectivity index (χ4n) is 3.56. The molecule has 1 aromatic carbocycles. The monoisotopic (exact) mass is 457 g/mol. The van der Waals surface area contributed by atoms with Gasteiger partial charge in [0.1, 0.15) is 11.5 Å². The lowest BCUT2D eigenvalue weighted by Crippen LogP contribution is -2.31. The molecule has 2 aromatic rings. The number of Topliss-reactive ketones (excluding diaryl/α,β-unsaturated/α-hetero) is 1. The summed E-state index contributed by atoms with van der Waals surface area (Å²) in [6.45, 7) is 9.42. The van der Waals surface area contributed by atoms with E-state index in [0.29, 0.717) is 43.4 Å². The third-order valence-corrected chi connectivity index (χ3v) is 5.96. The number of amides is 1. The third kappa shape index (κ3) is 5.58. The smallest absolute Gasteiger partial charge is 0.295 e. The van der Waals surface area contributed by atoms with Crippen LogP contribution in [0, 0.1) is 5.92 Å². The standard InChI is InChI=1S/C25H31NO5S/c1-16(2)15-31-19-9-5-8-18(14-19)23(27)21-22(20-10-6-13-32-20)26(25(29)24(21)28)11-7-12-30-17(3)4/h5-6,8-10,13-14,16-17,22,27H,7,11-12,15H2,1-4H3/b23-21-. The number of hydrogen-bond donors (Lipinski definition) is 1. The Morgan fingerprint density at radius 2 is 1.94 bits per heavy atom. The molecule has 0 spiro atoms. The van der Waals surface area contributed by atoms with Gasteiger partial charge in [0.05, 0.1) is 24.3 Å². The number of aliphatic hydroxyl groups excluding tert-OH is 1. The molecule has 0 bridgehead atoms. The second kappa shape index (κ2) is 10.8.